The van der Waals surface area contributed by atoms with E-state index in [1.54, 1.807) is 7.11 Å². The maximum atomic E-state index is 13.3. The lowest BCUT2D eigenvalue weighted by Crippen LogP contribution is -2.24. The highest BCUT2D eigenvalue weighted by Crippen LogP contribution is 2.23. The minimum absolute atomic E-state index is 0.269. The van der Waals surface area contributed by atoms with Crippen molar-refractivity contribution in [3.05, 3.63) is 11.8 Å². The Hall–Kier alpha value is -1.08. The van der Waals surface area contributed by atoms with Crippen LogP contribution in [-0.4, -0.2) is 26.4 Å². The predicted molar refractivity (Wildman–Crippen MR) is 65.0 cm³/mol. The molecule has 0 saturated carbocycles. The van der Waals surface area contributed by atoms with Gasteiger partial charge in [-0.25, -0.2) is 4.39 Å². The number of nitrogens with one attached hydrogen (secondary N) is 1. The first-order valence-corrected chi connectivity index (χ1v) is 6.23. The summed E-state index contributed by atoms with van der Waals surface area (Å²) in [6, 6.07) is 2.11. The first kappa shape index (κ1) is 14.0. The summed E-state index contributed by atoms with van der Waals surface area (Å²) < 4.78 is 18.3. The molecule has 1 aliphatic rings. The monoisotopic (exact) mass is 240 g/mol. The Kier molecular flexibility index (Phi) is 6.64. The van der Waals surface area contributed by atoms with E-state index in [4.69, 9.17) is 10.00 Å². The number of ether oxygens (including phenoxy) is 1. The molecule has 0 spiro atoms. The number of hydrogen-bond donors (Lipinski definition) is 1. The van der Waals surface area contributed by atoms with Crippen LogP contribution >= 0.6 is 0 Å². The highest BCUT2D eigenvalue weighted by molar-refractivity contribution is 5.13. The summed E-state index contributed by atoms with van der Waals surface area (Å²) in [5.41, 5.74) is 0.891. The average Bonchev–Trinajstić information content (AvgIpc) is 2.33. The second kappa shape index (κ2) is 8.08. The van der Waals surface area contributed by atoms with Crippen LogP contribution in [0.15, 0.2) is 11.8 Å². The van der Waals surface area contributed by atoms with Crippen LogP contribution in [0.2, 0.25) is 0 Å². The van der Waals surface area contributed by atoms with Crippen LogP contribution in [0.1, 0.15) is 32.1 Å². The molecule has 0 bridgehead atoms. The van der Waals surface area contributed by atoms with E-state index < -0.39 is 6.17 Å². The van der Waals surface area contributed by atoms with E-state index in [9.17, 15) is 4.39 Å². The number of halogens is 1. The molecule has 0 saturated heterocycles. The van der Waals surface area contributed by atoms with Crippen molar-refractivity contribution in [2.24, 2.45) is 5.92 Å². The van der Waals surface area contributed by atoms with Gasteiger partial charge in [-0.05, 0) is 31.8 Å². The Morgan fingerprint density at radius 3 is 3.06 bits per heavy atom. The molecule has 1 rings (SSSR count). The Labute approximate surface area is 103 Å². The molecule has 0 heterocycles. The zero-order chi connectivity index (χ0) is 12.5. The van der Waals surface area contributed by atoms with Gasteiger partial charge < -0.3 is 10.1 Å². The molecule has 1 N–H and O–H groups in total. The molecule has 0 aliphatic heterocycles. The first-order valence-electron chi connectivity index (χ1n) is 6.23. The van der Waals surface area contributed by atoms with Crippen molar-refractivity contribution in [1.29, 1.82) is 5.26 Å². The molecule has 0 aromatic rings. The Morgan fingerprint density at radius 1 is 1.53 bits per heavy atom. The van der Waals surface area contributed by atoms with Gasteiger partial charge in [-0.2, -0.15) is 5.26 Å². The van der Waals surface area contributed by atoms with E-state index in [0.29, 0.717) is 12.8 Å². The maximum Gasteiger partial charge on any atom is 0.107 e. The van der Waals surface area contributed by atoms with E-state index in [-0.39, 0.29) is 5.92 Å². The molecule has 96 valence electrons. The van der Waals surface area contributed by atoms with Gasteiger partial charge in [-0.1, -0.05) is 0 Å². The van der Waals surface area contributed by atoms with Gasteiger partial charge >= 0.3 is 0 Å². The van der Waals surface area contributed by atoms with E-state index in [0.717, 1.165) is 38.1 Å². The van der Waals surface area contributed by atoms with Crippen LogP contribution in [0.25, 0.3) is 0 Å². The quantitative estimate of drug-likeness (QED) is 0.695. The number of nitrogens with zero attached hydrogens (tertiary/aromatic N) is 1. The summed E-state index contributed by atoms with van der Waals surface area (Å²) in [6.45, 7) is 1.65. The zero-order valence-electron chi connectivity index (χ0n) is 10.4. The lowest BCUT2D eigenvalue weighted by molar-refractivity contribution is 0.192. The number of nitriles is 1. The van der Waals surface area contributed by atoms with E-state index in [2.05, 4.69) is 11.4 Å². The van der Waals surface area contributed by atoms with E-state index in [1.165, 1.54) is 0 Å². The van der Waals surface area contributed by atoms with Crippen molar-refractivity contribution in [3.63, 3.8) is 0 Å². The second-order valence-corrected chi connectivity index (χ2v) is 4.44. The third-order valence-corrected chi connectivity index (χ3v) is 2.90. The fourth-order valence-corrected chi connectivity index (χ4v) is 1.99. The first-order chi connectivity index (χ1) is 8.26. The SMILES string of the molecule is COCCCCCNC1=CC(C#N)CC(F)C1. The Morgan fingerprint density at radius 2 is 2.35 bits per heavy atom. The number of methoxy groups -OCH3 is 1. The number of allylic oxidation sites excluding steroid dienone is 2. The van der Waals surface area contributed by atoms with Gasteiger partial charge in [0.05, 0.1) is 12.0 Å². The lowest BCUT2D eigenvalue weighted by Gasteiger charge is -2.21. The van der Waals surface area contributed by atoms with Gasteiger partial charge in [0, 0.05) is 32.4 Å². The molecule has 0 radical (unpaired) electrons. The largest absolute Gasteiger partial charge is 0.388 e. The minimum Gasteiger partial charge on any atom is -0.388 e. The van der Waals surface area contributed by atoms with Crippen LogP contribution in [0.4, 0.5) is 4.39 Å². The lowest BCUT2D eigenvalue weighted by atomic mass is 9.93. The normalized spacial score (nSPS) is 23.9. The number of unbranched alkanes of at least 4 members (excludes halogenated alkanes) is 2. The van der Waals surface area contributed by atoms with Crippen LogP contribution in [0.5, 0.6) is 0 Å². The van der Waals surface area contributed by atoms with Gasteiger partial charge in [0.1, 0.15) is 6.17 Å². The highest BCUT2D eigenvalue weighted by atomic mass is 19.1. The van der Waals surface area contributed by atoms with Crippen molar-refractivity contribution in [3.8, 4) is 6.07 Å². The summed E-state index contributed by atoms with van der Waals surface area (Å²) in [4.78, 5) is 0. The molecule has 1 aliphatic carbocycles. The molecule has 4 heteroatoms. The second-order valence-electron chi connectivity index (χ2n) is 4.44. The minimum atomic E-state index is -0.874. The third kappa shape index (κ3) is 5.69. The van der Waals surface area contributed by atoms with Crippen LogP contribution in [0.3, 0.4) is 0 Å². The molecular formula is C13H21FN2O. The fourth-order valence-electron chi connectivity index (χ4n) is 1.99. The summed E-state index contributed by atoms with van der Waals surface area (Å²) in [5, 5.41) is 12.0. The molecule has 2 unspecified atom stereocenters. The molecule has 2 atom stereocenters. The standard InChI is InChI=1S/C13H21FN2O/c1-17-6-4-2-3-5-16-13-8-11(10-15)7-12(14)9-13/h8,11-12,16H,2-7,9H2,1H3. The summed E-state index contributed by atoms with van der Waals surface area (Å²) in [7, 11) is 1.70. The van der Waals surface area contributed by atoms with E-state index in [1.807, 2.05) is 6.08 Å². The van der Waals surface area contributed by atoms with E-state index >= 15 is 0 Å². The summed E-state index contributed by atoms with van der Waals surface area (Å²) in [5.74, 6) is -0.269. The molecule has 17 heavy (non-hydrogen) atoms. The number of rotatable bonds is 7. The molecule has 0 amide bonds. The zero-order valence-corrected chi connectivity index (χ0v) is 10.4. The molecular weight excluding hydrogens is 219 g/mol. The Balaban J connectivity index is 2.18. The molecule has 0 aromatic heterocycles. The van der Waals surface area contributed by atoms with Crippen molar-refractivity contribution in [2.75, 3.05) is 20.3 Å². The summed E-state index contributed by atoms with van der Waals surface area (Å²) in [6.07, 6.45) is 4.98. The number of alkyl halides is 1. The molecule has 3 nitrogen and oxygen atoms in total. The molecule has 0 aromatic carbocycles. The van der Waals surface area contributed by atoms with Crippen molar-refractivity contribution < 1.29 is 9.13 Å². The van der Waals surface area contributed by atoms with Crippen molar-refractivity contribution >= 4 is 0 Å². The van der Waals surface area contributed by atoms with Crippen LogP contribution < -0.4 is 5.32 Å². The van der Waals surface area contributed by atoms with Crippen molar-refractivity contribution in [2.45, 2.75) is 38.3 Å². The van der Waals surface area contributed by atoms with Gasteiger partial charge in [0.25, 0.3) is 0 Å². The van der Waals surface area contributed by atoms with Gasteiger partial charge in [-0.15, -0.1) is 0 Å². The topological polar surface area (TPSA) is 45.0 Å². The number of hydrogen-bond acceptors (Lipinski definition) is 3. The summed E-state index contributed by atoms with van der Waals surface area (Å²) >= 11 is 0. The molecule has 0 fully saturated rings. The van der Waals surface area contributed by atoms with Crippen LogP contribution in [0, 0.1) is 17.2 Å². The Bertz CT molecular complexity index is 286. The third-order valence-electron chi connectivity index (χ3n) is 2.90. The van der Waals surface area contributed by atoms with Crippen molar-refractivity contribution in [1.82, 2.24) is 5.32 Å². The smallest absolute Gasteiger partial charge is 0.107 e. The van der Waals surface area contributed by atoms with Crippen LogP contribution in [-0.2, 0) is 4.74 Å². The average molecular weight is 240 g/mol. The highest BCUT2D eigenvalue weighted by Gasteiger charge is 2.21. The predicted octanol–water partition coefficient (Wildman–Crippen LogP) is 2.55. The maximum absolute atomic E-state index is 13.3. The van der Waals surface area contributed by atoms with Gasteiger partial charge in [-0.3, -0.25) is 0 Å². The fraction of sp³-hybridized carbons (Fsp3) is 0.769. The van der Waals surface area contributed by atoms with Gasteiger partial charge in [0.2, 0.25) is 0 Å². The van der Waals surface area contributed by atoms with Gasteiger partial charge in [0.15, 0.2) is 0 Å².